The van der Waals surface area contributed by atoms with E-state index >= 15 is 0 Å². The van der Waals surface area contributed by atoms with Gasteiger partial charge in [-0.25, -0.2) is 4.98 Å². The Morgan fingerprint density at radius 2 is 2.38 bits per heavy atom. The van der Waals surface area contributed by atoms with Crippen LogP contribution in [0, 0.1) is 0 Å². The highest BCUT2D eigenvalue weighted by Crippen LogP contribution is 2.24. The van der Waals surface area contributed by atoms with Crippen molar-refractivity contribution < 1.29 is 14.3 Å². The average molecular weight is 333 g/mol. The first kappa shape index (κ1) is 16.3. The van der Waals surface area contributed by atoms with Crippen LogP contribution >= 0.6 is 23.2 Å². The summed E-state index contributed by atoms with van der Waals surface area (Å²) in [5, 5.41) is 3.60. The Morgan fingerprint density at radius 3 is 3.10 bits per heavy atom. The Bertz CT molecular complexity index is 479. The summed E-state index contributed by atoms with van der Waals surface area (Å²) >= 11 is 11.7. The maximum atomic E-state index is 11.6. The Balaban J connectivity index is 1.59. The third-order valence-corrected chi connectivity index (χ3v) is 3.63. The van der Waals surface area contributed by atoms with E-state index in [-0.39, 0.29) is 12.0 Å². The summed E-state index contributed by atoms with van der Waals surface area (Å²) in [6.07, 6.45) is 5.10. The molecule has 0 saturated carbocycles. The number of hydrogen-bond donors (Lipinski definition) is 1. The number of halogens is 2. The number of carbonyl (C=O) groups excluding carboxylic acids is 1. The molecule has 1 unspecified atom stereocenters. The van der Waals surface area contributed by atoms with Gasteiger partial charge in [0.25, 0.3) is 0 Å². The van der Waals surface area contributed by atoms with E-state index in [0.29, 0.717) is 35.5 Å². The fourth-order valence-corrected chi connectivity index (χ4v) is 2.53. The highest BCUT2D eigenvalue weighted by molar-refractivity contribution is 6.35. The van der Waals surface area contributed by atoms with Crippen LogP contribution in [-0.2, 0) is 9.53 Å². The van der Waals surface area contributed by atoms with Crippen molar-refractivity contribution in [3.05, 3.63) is 22.3 Å². The van der Waals surface area contributed by atoms with E-state index in [1.54, 1.807) is 6.07 Å². The summed E-state index contributed by atoms with van der Waals surface area (Å²) in [4.78, 5) is 15.6. The highest BCUT2D eigenvalue weighted by Gasteiger charge is 2.16. The van der Waals surface area contributed by atoms with E-state index in [0.717, 1.165) is 25.9 Å². The van der Waals surface area contributed by atoms with Crippen LogP contribution in [0.15, 0.2) is 12.3 Å². The lowest BCUT2D eigenvalue weighted by Crippen LogP contribution is -2.28. The largest absolute Gasteiger partial charge is 0.475 e. The van der Waals surface area contributed by atoms with Gasteiger partial charge in [0.1, 0.15) is 11.6 Å². The Hall–Kier alpha value is -1.04. The topological polar surface area (TPSA) is 60.5 Å². The third-order valence-electron chi connectivity index (χ3n) is 3.15. The molecule has 1 saturated heterocycles. The number of nitrogens with zero attached hydrogens (tertiary/aromatic N) is 1. The summed E-state index contributed by atoms with van der Waals surface area (Å²) in [5.41, 5.74) is 0. The van der Waals surface area contributed by atoms with Gasteiger partial charge in [-0.3, -0.25) is 4.79 Å². The first-order valence-electron chi connectivity index (χ1n) is 6.97. The number of hydrogen-bond acceptors (Lipinski definition) is 4. The molecule has 116 valence electrons. The molecular weight excluding hydrogens is 315 g/mol. The zero-order valence-corrected chi connectivity index (χ0v) is 13.1. The van der Waals surface area contributed by atoms with E-state index in [4.69, 9.17) is 32.7 Å². The zero-order chi connectivity index (χ0) is 15.1. The summed E-state index contributed by atoms with van der Waals surface area (Å²) in [7, 11) is 0. The Labute approximate surface area is 133 Å². The Kier molecular flexibility index (Phi) is 6.54. The van der Waals surface area contributed by atoms with Crippen molar-refractivity contribution in [1.82, 2.24) is 10.3 Å². The lowest BCUT2D eigenvalue weighted by molar-refractivity contribution is -0.121. The predicted octanol–water partition coefficient (Wildman–Crippen LogP) is 2.84. The second-order valence-electron chi connectivity index (χ2n) is 4.81. The molecular formula is C14H18Cl2N2O3. The van der Waals surface area contributed by atoms with Crippen molar-refractivity contribution in [1.29, 1.82) is 0 Å². The molecule has 21 heavy (non-hydrogen) atoms. The minimum atomic E-state index is 0.00395. The fraction of sp³-hybridized carbons (Fsp3) is 0.571. The van der Waals surface area contributed by atoms with Gasteiger partial charge in [0.2, 0.25) is 11.8 Å². The summed E-state index contributed by atoms with van der Waals surface area (Å²) < 4.78 is 10.9. The molecule has 2 rings (SSSR count). The molecule has 1 amide bonds. The van der Waals surface area contributed by atoms with Gasteiger partial charge in [0, 0.05) is 19.2 Å². The SMILES string of the molecule is O=C(CCC1CCCO1)NCCOc1ncc(Cl)cc1Cl. The quantitative estimate of drug-likeness (QED) is 0.780. The van der Waals surface area contributed by atoms with Gasteiger partial charge < -0.3 is 14.8 Å². The molecule has 0 aliphatic carbocycles. The number of nitrogens with one attached hydrogen (secondary N) is 1. The first-order chi connectivity index (χ1) is 10.1. The van der Waals surface area contributed by atoms with Crippen molar-refractivity contribution in [2.75, 3.05) is 19.8 Å². The van der Waals surface area contributed by atoms with Crippen LogP contribution in [0.1, 0.15) is 25.7 Å². The summed E-state index contributed by atoms with van der Waals surface area (Å²) in [6, 6.07) is 1.56. The zero-order valence-electron chi connectivity index (χ0n) is 11.6. The molecule has 5 nitrogen and oxygen atoms in total. The molecule has 0 bridgehead atoms. The fourth-order valence-electron chi connectivity index (χ4n) is 2.10. The second kappa shape index (κ2) is 8.41. The normalized spacial score (nSPS) is 17.7. The average Bonchev–Trinajstić information content (AvgIpc) is 2.96. The van der Waals surface area contributed by atoms with Gasteiger partial charge in [0.05, 0.1) is 17.7 Å². The van der Waals surface area contributed by atoms with Crippen LogP contribution in [-0.4, -0.2) is 36.8 Å². The highest BCUT2D eigenvalue weighted by atomic mass is 35.5. The summed E-state index contributed by atoms with van der Waals surface area (Å²) in [6.45, 7) is 1.53. The van der Waals surface area contributed by atoms with Gasteiger partial charge in [-0.1, -0.05) is 23.2 Å². The monoisotopic (exact) mass is 332 g/mol. The molecule has 1 N–H and O–H groups in total. The molecule has 1 atom stereocenters. The molecule has 0 radical (unpaired) electrons. The van der Waals surface area contributed by atoms with Crippen LogP contribution in [0.4, 0.5) is 0 Å². The van der Waals surface area contributed by atoms with Crippen molar-refractivity contribution in [2.24, 2.45) is 0 Å². The number of aromatic nitrogens is 1. The van der Waals surface area contributed by atoms with Gasteiger partial charge in [-0.2, -0.15) is 0 Å². The number of carbonyl (C=O) groups is 1. The third kappa shape index (κ3) is 5.69. The van der Waals surface area contributed by atoms with Gasteiger partial charge in [-0.15, -0.1) is 0 Å². The molecule has 1 aliphatic rings. The van der Waals surface area contributed by atoms with E-state index in [9.17, 15) is 4.79 Å². The maximum absolute atomic E-state index is 11.6. The van der Waals surface area contributed by atoms with Crippen LogP contribution in [0.3, 0.4) is 0 Å². The van der Waals surface area contributed by atoms with Crippen molar-refractivity contribution in [3.8, 4) is 5.88 Å². The standard InChI is InChI=1S/C14H18Cl2N2O3/c15-10-8-12(16)14(18-9-10)21-7-5-17-13(19)4-3-11-2-1-6-20-11/h8-9,11H,1-7H2,(H,17,19). The molecule has 1 aliphatic heterocycles. The minimum Gasteiger partial charge on any atom is -0.475 e. The lowest BCUT2D eigenvalue weighted by atomic mass is 10.1. The summed E-state index contributed by atoms with van der Waals surface area (Å²) in [5.74, 6) is 0.318. The predicted molar refractivity (Wildman–Crippen MR) is 81.0 cm³/mol. The van der Waals surface area contributed by atoms with E-state index in [2.05, 4.69) is 10.3 Å². The van der Waals surface area contributed by atoms with Crippen LogP contribution in [0.2, 0.25) is 10.0 Å². The number of rotatable bonds is 7. The second-order valence-corrected chi connectivity index (χ2v) is 5.66. The number of ether oxygens (including phenoxy) is 2. The molecule has 2 heterocycles. The maximum Gasteiger partial charge on any atom is 0.232 e. The first-order valence-corrected chi connectivity index (χ1v) is 7.73. The molecule has 7 heteroatoms. The minimum absolute atomic E-state index is 0.00395. The van der Waals surface area contributed by atoms with Crippen molar-refractivity contribution in [3.63, 3.8) is 0 Å². The van der Waals surface area contributed by atoms with E-state index in [1.165, 1.54) is 6.20 Å². The molecule has 1 aromatic heterocycles. The van der Waals surface area contributed by atoms with Crippen LogP contribution in [0.25, 0.3) is 0 Å². The van der Waals surface area contributed by atoms with E-state index in [1.807, 2.05) is 0 Å². The number of pyridine rings is 1. The smallest absolute Gasteiger partial charge is 0.232 e. The number of amides is 1. The van der Waals surface area contributed by atoms with Crippen LogP contribution < -0.4 is 10.1 Å². The van der Waals surface area contributed by atoms with E-state index < -0.39 is 0 Å². The lowest BCUT2D eigenvalue weighted by Gasteiger charge is -2.10. The van der Waals surface area contributed by atoms with Crippen LogP contribution in [0.5, 0.6) is 5.88 Å². The van der Waals surface area contributed by atoms with Crippen molar-refractivity contribution in [2.45, 2.75) is 31.8 Å². The van der Waals surface area contributed by atoms with Gasteiger partial charge in [-0.05, 0) is 25.3 Å². The molecule has 0 spiro atoms. The molecule has 0 aromatic carbocycles. The Morgan fingerprint density at radius 1 is 1.52 bits per heavy atom. The van der Waals surface area contributed by atoms with Gasteiger partial charge in [0.15, 0.2) is 0 Å². The molecule has 1 aromatic rings. The van der Waals surface area contributed by atoms with Crippen molar-refractivity contribution >= 4 is 29.1 Å². The van der Waals surface area contributed by atoms with Gasteiger partial charge >= 0.3 is 0 Å². The molecule has 1 fully saturated rings.